The maximum atomic E-state index is 6.03. The fourth-order valence-corrected chi connectivity index (χ4v) is 3.83. The standard InChI is InChI=1S/C18H32N8O2/c1-13(2)17-21-22-18(28-17)24-7-9-26(10-8-24)23-16-12-20-15(27-16)11-14-3-5-25(19)6-4-14/h13-14,16,23H,3-12,19H2,1-2H3. The van der Waals surface area contributed by atoms with Gasteiger partial charge in [0.1, 0.15) is 0 Å². The predicted octanol–water partition coefficient (Wildman–Crippen LogP) is 0.550. The van der Waals surface area contributed by atoms with E-state index in [-0.39, 0.29) is 12.1 Å². The third kappa shape index (κ3) is 4.80. The molecule has 0 saturated carbocycles. The smallest absolute Gasteiger partial charge is 0.318 e. The van der Waals surface area contributed by atoms with Gasteiger partial charge in [-0.15, -0.1) is 5.10 Å². The molecule has 0 aliphatic carbocycles. The Hall–Kier alpha value is -1.75. The Morgan fingerprint density at radius 1 is 1.11 bits per heavy atom. The zero-order valence-electron chi connectivity index (χ0n) is 16.9. The minimum absolute atomic E-state index is 0.0629. The van der Waals surface area contributed by atoms with Crippen molar-refractivity contribution >= 4 is 11.9 Å². The first-order valence-electron chi connectivity index (χ1n) is 10.4. The van der Waals surface area contributed by atoms with E-state index in [9.17, 15) is 0 Å². The summed E-state index contributed by atoms with van der Waals surface area (Å²) in [7, 11) is 0. The average Bonchev–Trinajstić information content (AvgIpc) is 3.34. The molecule has 156 valence electrons. The molecule has 0 aromatic carbocycles. The zero-order chi connectivity index (χ0) is 19.5. The Bertz CT molecular complexity index is 662. The summed E-state index contributed by atoms with van der Waals surface area (Å²) < 4.78 is 11.8. The lowest BCUT2D eigenvalue weighted by Gasteiger charge is -2.35. The first kappa shape index (κ1) is 19.6. The zero-order valence-corrected chi connectivity index (χ0v) is 16.9. The van der Waals surface area contributed by atoms with Crippen molar-refractivity contribution in [3.63, 3.8) is 0 Å². The van der Waals surface area contributed by atoms with E-state index in [2.05, 4.69) is 44.4 Å². The highest BCUT2D eigenvalue weighted by Crippen LogP contribution is 2.22. The number of rotatable bonds is 6. The van der Waals surface area contributed by atoms with Crippen LogP contribution >= 0.6 is 0 Å². The molecule has 1 aromatic rings. The fourth-order valence-electron chi connectivity index (χ4n) is 3.83. The molecule has 0 amide bonds. The summed E-state index contributed by atoms with van der Waals surface area (Å²) in [5.41, 5.74) is 3.46. The van der Waals surface area contributed by atoms with Crippen molar-refractivity contribution in [2.24, 2.45) is 16.8 Å². The number of nitrogens with one attached hydrogen (secondary N) is 1. The van der Waals surface area contributed by atoms with Crippen LogP contribution in [-0.2, 0) is 4.74 Å². The van der Waals surface area contributed by atoms with E-state index in [0.717, 1.165) is 64.4 Å². The molecule has 10 heteroatoms. The number of hydrogen-bond donors (Lipinski definition) is 2. The first-order chi connectivity index (χ1) is 13.6. The molecular formula is C18H32N8O2. The van der Waals surface area contributed by atoms with Gasteiger partial charge in [0.2, 0.25) is 5.89 Å². The lowest BCUT2D eigenvalue weighted by molar-refractivity contribution is 0.0546. The number of hydrazine groups is 2. The van der Waals surface area contributed by atoms with E-state index in [1.807, 2.05) is 5.01 Å². The largest absolute Gasteiger partial charge is 0.459 e. The SMILES string of the molecule is CC(C)c1nnc(N2CCN(NC3CN=C(CC4CCN(N)CC4)O3)CC2)o1. The predicted molar refractivity (Wildman–Crippen MR) is 106 cm³/mol. The summed E-state index contributed by atoms with van der Waals surface area (Å²) in [5, 5.41) is 12.4. The number of ether oxygens (including phenoxy) is 1. The minimum Gasteiger partial charge on any atom is -0.459 e. The highest BCUT2D eigenvalue weighted by atomic mass is 16.5. The highest BCUT2D eigenvalue weighted by Gasteiger charge is 2.28. The molecule has 1 unspecified atom stereocenters. The van der Waals surface area contributed by atoms with Crippen LogP contribution in [0.25, 0.3) is 0 Å². The van der Waals surface area contributed by atoms with Gasteiger partial charge in [0.15, 0.2) is 12.1 Å². The summed E-state index contributed by atoms with van der Waals surface area (Å²) in [6.45, 7) is 10.1. The molecular weight excluding hydrogens is 360 g/mol. The normalized spacial score (nSPS) is 25.4. The van der Waals surface area contributed by atoms with E-state index in [1.165, 1.54) is 0 Å². The van der Waals surface area contributed by atoms with Crippen molar-refractivity contribution in [3.05, 3.63) is 5.89 Å². The summed E-state index contributed by atoms with van der Waals surface area (Å²) in [4.78, 5) is 6.73. The second-order valence-electron chi connectivity index (χ2n) is 8.21. The summed E-state index contributed by atoms with van der Waals surface area (Å²) >= 11 is 0. The van der Waals surface area contributed by atoms with E-state index in [4.69, 9.17) is 15.0 Å². The van der Waals surface area contributed by atoms with Crippen LogP contribution in [0.3, 0.4) is 0 Å². The number of aliphatic imine (C=N–C) groups is 1. The van der Waals surface area contributed by atoms with Crippen molar-refractivity contribution in [1.82, 2.24) is 25.6 Å². The van der Waals surface area contributed by atoms with Gasteiger partial charge in [0, 0.05) is 51.6 Å². The molecule has 3 aliphatic heterocycles. The molecule has 3 N–H and O–H groups in total. The highest BCUT2D eigenvalue weighted by molar-refractivity contribution is 5.77. The van der Waals surface area contributed by atoms with Crippen molar-refractivity contribution in [2.45, 2.75) is 45.3 Å². The average molecular weight is 393 g/mol. The first-order valence-corrected chi connectivity index (χ1v) is 10.4. The maximum Gasteiger partial charge on any atom is 0.318 e. The molecule has 10 nitrogen and oxygen atoms in total. The van der Waals surface area contributed by atoms with E-state index in [1.54, 1.807) is 0 Å². The van der Waals surface area contributed by atoms with Crippen LogP contribution in [0.4, 0.5) is 6.01 Å². The van der Waals surface area contributed by atoms with Crippen molar-refractivity contribution in [1.29, 1.82) is 0 Å². The second kappa shape index (κ2) is 8.73. The van der Waals surface area contributed by atoms with Gasteiger partial charge in [-0.25, -0.2) is 15.4 Å². The summed E-state index contributed by atoms with van der Waals surface area (Å²) in [5.74, 6) is 8.29. The molecule has 0 bridgehead atoms. The molecule has 2 saturated heterocycles. The molecule has 1 aromatic heterocycles. The Balaban J connectivity index is 1.17. The molecule has 0 radical (unpaired) electrons. The quantitative estimate of drug-likeness (QED) is 0.671. The molecule has 2 fully saturated rings. The van der Waals surface area contributed by atoms with Crippen LogP contribution in [0.2, 0.25) is 0 Å². The topological polar surface area (TPSA) is 108 Å². The number of nitrogens with zero attached hydrogens (tertiary/aromatic N) is 6. The summed E-state index contributed by atoms with van der Waals surface area (Å²) in [6.07, 6.45) is 3.10. The van der Waals surface area contributed by atoms with Crippen molar-refractivity contribution in [2.75, 3.05) is 50.7 Å². The van der Waals surface area contributed by atoms with Gasteiger partial charge in [0.25, 0.3) is 0 Å². The van der Waals surface area contributed by atoms with Crippen LogP contribution < -0.4 is 16.2 Å². The Morgan fingerprint density at radius 2 is 1.86 bits per heavy atom. The van der Waals surface area contributed by atoms with Crippen LogP contribution in [-0.4, -0.2) is 78.2 Å². The minimum atomic E-state index is -0.0629. The Kier molecular flexibility index (Phi) is 6.10. The second-order valence-corrected chi connectivity index (χ2v) is 8.21. The molecule has 28 heavy (non-hydrogen) atoms. The maximum absolute atomic E-state index is 6.03. The third-order valence-corrected chi connectivity index (χ3v) is 5.62. The molecule has 4 heterocycles. The van der Waals surface area contributed by atoms with Crippen molar-refractivity contribution in [3.8, 4) is 0 Å². The van der Waals surface area contributed by atoms with Gasteiger partial charge >= 0.3 is 6.01 Å². The van der Waals surface area contributed by atoms with Gasteiger partial charge in [-0.2, -0.15) is 0 Å². The number of nitrogens with two attached hydrogens (primary N) is 1. The van der Waals surface area contributed by atoms with Crippen LogP contribution in [0.15, 0.2) is 9.41 Å². The lowest BCUT2D eigenvalue weighted by atomic mass is 9.94. The van der Waals surface area contributed by atoms with Gasteiger partial charge in [0.05, 0.1) is 6.54 Å². The van der Waals surface area contributed by atoms with Gasteiger partial charge in [-0.1, -0.05) is 18.9 Å². The number of anilines is 1. The number of piperidine rings is 1. The molecule has 0 spiro atoms. The van der Waals surface area contributed by atoms with E-state index < -0.39 is 0 Å². The molecule has 3 aliphatic rings. The van der Waals surface area contributed by atoms with E-state index >= 15 is 0 Å². The number of piperazine rings is 1. The Labute approximate surface area is 166 Å². The fraction of sp³-hybridized carbons (Fsp3) is 0.833. The lowest BCUT2D eigenvalue weighted by Crippen LogP contribution is -2.55. The van der Waals surface area contributed by atoms with Crippen LogP contribution in [0, 0.1) is 5.92 Å². The molecule has 1 atom stereocenters. The third-order valence-electron chi connectivity index (χ3n) is 5.62. The van der Waals surface area contributed by atoms with Crippen molar-refractivity contribution < 1.29 is 9.15 Å². The summed E-state index contributed by atoms with van der Waals surface area (Å²) in [6, 6.07) is 0.620. The Morgan fingerprint density at radius 3 is 2.54 bits per heavy atom. The van der Waals surface area contributed by atoms with Crippen LogP contribution in [0.5, 0.6) is 0 Å². The number of hydrogen-bond acceptors (Lipinski definition) is 10. The van der Waals surface area contributed by atoms with Gasteiger partial charge < -0.3 is 14.1 Å². The molecule has 4 rings (SSSR count). The van der Waals surface area contributed by atoms with Crippen LogP contribution in [0.1, 0.15) is 44.9 Å². The monoisotopic (exact) mass is 392 g/mol. The van der Waals surface area contributed by atoms with Gasteiger partial charge in [-0.05, 0) is 18.8 Å². The number of aromatic nitrogens is 2. The van der Waals surface area contributed by atoms with E-state index in [0.29, 0.717) is 24.4 Å². The van der Waals surface area contributed by atoms with Gasteiger partial charge in [-0.3, -0.25) is 10.8 Å².